The molecule has 0 atom stereocenters. The molecule has 2 aromatic rings. The molecule has 0 bridgehead atoms. The van der Waals surface area contributed by atoms with Crippen molar-refractivity contribution >= 4 is 18.2 Å². The molecule has 0 radical (unpaired) electrons. The van der Waals surface area contributed by atoms with Crippen LogP contribution in [0.25, 0.3) is 0 Å². The average molecular weight is 561 g/mol. The van der Waals surface area contributed by atoms with Crippen LogP contribution in [0.5, 0.6) is 17.2 Å². The fourth-order valence-electron chi connectivity index (χ4n) is 7.26. The van der Waals surface area contributed by atoms with Gasteiger partial charge in [0.25, 0.3) is 0 Å². The van der Waals surface area contributed by atoms with Gasteiger partial charge in [0, 0.05) is 0 Å². The lowest BCUT2D eigenvalue weighted by Gasteiger charge is -2.36. The van der Waals surface area contributed by atoms with Crippen molar-refractivity contribution in [1.82, 2.24) is 0 Å². The number of ether oxygens (including phenoxy) is 3. The van der Waals surface area contributed by atoms with Crippen LogP contribution in [0.3, 0.4) is 0 Å². The second-order valence-corrected chi connectivity index (χ2v) is 12.2. The zero-order chi connectivity index (χ0) is 28.6. The largest absolute Gasteiger partial charge is 0.494 e. The molecule has 41 heavy (non-hydrogen) atoms. The minimum atomic E-state index is -0.327. The van der Waals surface area contributed by atoms with Crippen molar-refractivity contribution in [2.24, 2.45) is 23.7 Å². The van der Waals surface area contributed by atoms with Gasteiger partial charge in [-0.25, -0.2) is 0 Å². The summed E-state index contributed by atoms with van der Waals surface area (Å²) < 4.78 is 16.7. The van der Waals surface area contributed by atoms with E-state index < -0.39 is 0 Å². The molecular weight excluding hydrogens is 516 g/mol. The van der Waals surface area contributed by atoms with Gasteiger partial charge in [0.05, 0.1) is 24.0 Å². The maximum absolute atomic E-state index is 13.0. The fraction of sp³-hybridized carbons (Fsp3) is 0.571. The van der Waals surface area contributed by atoms with E-state index in [2.05, 4.69) is 0 Å². The smallest absolute Gasteiger partial charge is 0.314 e. The van der Waals surface area contributed by atoms with Crippen molar-refractivity contribution in [3.8, 4) is 17.2 Å². The summed E-state index contributed by atoms with van der Waals surface area (Å²) in [6.45, 7) is 2.49. The number of hydrogen-bond donors (Lipinski definition) is 0. The quantitative estimate of drug-likeness (QED) is 0.175. The molecule has 0 saturated heterocycles. The third-order valence-corrected chi connectivity index (χ3v) is 9.68. The predicted octanol–water partition coefficient (Wildman–Crippen LogP) is 8.07. The van der Waals surface area contributed by atoms with Gasteiger partial charge in [-0.05, 0) is 118 Å². The van der Waals surface area contributed by atoms with E-state index in [-0.39, 0.29) is 23.8 Å². The van der Waals surface area contributed by atoms with Crippen LogP contribution in [0, 0.1) is 23.7 Å². The van der Waals surface area contributed by atoms with Crippen LogP contribution >= 0.6 is 0 Å². The summed E-state index contributed by atoms with van der Waals surface area (Å²) in [6, 6.07) is 12.8. The summed E-state index contributed by atoms with van der Waals surface area (Å²) in [5.74, 6) is 2.66. The van der Waals surface area contributed by atoms with Crippen molar-refractivity contribution < 1.29 is 28.6 Å². The number of benzene rings is 2. The van der Waals surface area contributed by atoms with Crippen LogP contribution in [0.2, 0.25) is 0 Å². The van der Waals surface area contributed by atoms with Crippen molar-refractivity contribution in [2.45, 2.75) is 96.3 Å². The maximum Gasteiger partial charge on any atom is 0.314 e. The van der Waals surface area contributed by atoms with E-state index in [1.807, 2.05) is 19.1 Å². The lowest BCUT2D eigenvalue weighted by Crippen LogP contribution is -2.30. The molecule has 6 nitrogen and oxygen atoms in total. The van der Waals surface area contributed by atoms with E-state index >= 15 is 0 Å². The third kappa shape index (κ3) is 7.58. The molecule has 0 amide bonds. The Balaban J connectivity index is 1.10. The highest BCUT2D eigenvalue weighted by molar-refractivity contribution is 5.83. The average Bonchev–Trinajstić information content (AvgIpc) is 3.03. The number of aldehydes is 1. The first kappa shape index (κ1) is 29.3. The summed E-state index contributed by atoms with van der Waals surface area (Å²) >= 11 is 0. The molecule has 0 N–H and O–H groups in total. The van der Waals surface area contributed by atoms with Crippen LogP contribution in [-0.4, -0.2) is 24.8 Å². The maximum atomic E-state index is 13.0. The topological polar surface area (TPSA) is 78.9 Å². The number of carbonyl (C=O) groups excluding carboxylic acids is 3. The normalized spacial score (nSPS) is 25.2. The summed E-state index contributed by atoms with van der Waals surface area (Å²) in [5.41, 5.74) is 1.62. The van der Waals surface area contributed by atoms with Crippen LogP contribution < -0.4 is 14.2 Å². The van der Waals surface area contributed by atoms with Gasteiger partial charge in [-0.1, -0.05) is 38.2 Å². The van der Waals surface area contributed by atoms with Gasteiger partial charge >= 0.3 is 11.9 Å². The first-order chi connectivity index (χ1) is 20.0. The molecule has 3 aliphatic carbocycles. The zero-order valence-corrected chi connectivity index (χ0v) is 24.4. The Labute approximate surface area is 244 Å². The lowest BCUT2D eigenvalue weighted by atomic mass is 9.70. The van der Waals surface area contributed by atoms with Gasteiger partial charge in [-0.15, -0.1) is 0 Å². The standard InChI is InChI=1S/C35H44O6/c1-2-39-31-17-19-32(20-18-31)40-34(37)27-12-14-28(15-13-27)35(38)41-33-21-16-29(22-30(33)23-36)26-10-8-25(9-11-26)24-6-4-3-5-7-24/h16-28H,2-15H2,1H3. The van der Waals surface area contributed by atoms with E-state index in [4.69, 9.17) is 14.2 Å². The summed E-state index contributed by atoms with van der Waals surface area (Å²) in [4.78, 5) is 37.6. The number of rotatable bonds is 9. The minimum absolute atomic E-state index is 0.247. The first-order valence-electron chi connectivity index (χ1n) is 15.8. The Morgan fingerprint density at radius 1 is 0.707 bits per heavy atom. The van der Waals surface area contributed by atoms with Gasteiger partial charge in [0.2, 0.25) is 0 Å². The highest BCUT2D eigenvalue weighted by Gasteiger charge is 2.33. The Morgan fingerprint density at radius 2 is 1.29 bits per heavy atom. The molecule has 5 rings (SSSR count). The molecule has 3 aliphatic rings. The second-order valence-electron chi connectivity index (χ2n) is 12.2. The summed E-state index contributed by atoms with van der Waals surface area (Å²) in [7, 11) is 0. The zero-order valence-electron chi connectivity index (χ0n) is 24.4. The van der Waals surface area contributed by atoms with Crippen molar-refractivity contribution in [3.63, 3.8) is 0 Å². The van der Waals surface area contributed by atoms with E-state index in [1.165, 1.54) is 63.4 Å². The van der Waals surface area contributed by atoms with Gasteiger partial charge in [0.1, 0.15) is 17.2 Å². The van der Waals surface area contributed by atoms with Gasteiger partial charge in [0.15, 0.2) is 6.29 Å². The third-order valence-electron chi connectivity index (χ3n) is 9.68. The van der Waals surface area contributed by atoms with Gasteiger partial charge in [-0.2, -0.15) is 0 Å². The Hall–Kier alpha value is -3.15. The molecule has 3 saturated carbocycles. The second kappa shape index (κ2) is 14.2. The van der Waals surface area contributed by atoms with Crippen LogP contribution in [0.1, 0.15) is 112 Å². The Morgan fingerprint density at radius 3 is 1.90 bits per heavy atom. The summed E-state index contributed by atoms with van der Waals surface area (Å²) in [6.07, 6.45) is 14.9. The van der Waals surface area contributed by atoms with Crippen LogP contribution in [0.4, 0.5) is 0 Å². The first-order valence-corrected chi connectivity index (χ1v) is 15.8. The molecule has 0 aliphatic heterocycles. The van der Waals surface area contributed by atoms with Gasteiger partial charge in [-0.3, -0.25) is 14.4 Å². The van der Waals surface area contributed by atoms with E-state index in [9.17, 15) is 14.4 Å². The van der Waals surface area contributed by atoms with E-state index in [0.717, 1.165) is 23.9 Å². The monoisotopic (exact) mass is 560 g/mol. The predicted molar refractivity (Wildman–Crippen MR) is 157 cm³/mol. The highest BCUT2D eigenvalue weighted by atomic mass is 16.5. The van der Waals surface area contributed by atoms with E-state index in [0.29, 0.717) is 55.3 Å². The molecule has 2 aromatic carbocycles. The van der Waals surface area contributed by atoms with Crippen molar-refractivity contribution in [2.75, 3.05) is 6.61 Å². The van der Waals surface area contributed by atoms with Crippen LogP contribution in [0.15, 0.2) is 42.5 Å². The number of hydrogen-bond acceptors (Lipinski definition) is 6. The molecule has 0 aromatic heterocycles. The van der Waals surface area contributed by atoms with Gasteiger partial charge < -0.3 is 14.2 Å². The minimum Gasteiger partial charge on any atom is -0.494 e. The van der Waals surface area contributed by atoms with Crippen LogP contribution in [-0.2, 0) is 9.59 Å². The molecule has 3 fully saturated rings. The Bertz CT molecular complexity index is 1170. The molecule has 0 heterocycles. The molecule has 6 heteroatoms. The summed E-state index contributed by atoms with van der Waals surface area (Å²) in [5, 5.41) is 0. The van der Waals surface area contributed by atoms with Crippen molar-refractivity contribution in [1.29, 1.82) is 0 Å². The highest BCUT2D eigenvalue weighted by Crippen LogP contribution is 2.43. The number of carbonyl (C=O) groups is 3. The Kier molecular flexibility index (Phi) is 10.1. The SMILES string of the molecule is CCOc1ccc(OC(=O)C2CCC(C(=O)Oc3ccc(C4CCC(C5CCCCC5)CC4)cc3C=O)CC2)cc1. The number of esters is 2. The molecule has 220 valence electrons. The molecular formula is C35H44O6. The van der Waals surface area contributed by atoms with Crippen molar-refractivity contribution in [3.05, 3.63) is 53.6 Å². The molecule has 0 unspecified atom stereocenters. The fourth-order valence-corrected chi connectivity index (χ4v) is 7.26. The molecule has 0 spiro atoms. The lowest BCUT2D eigenvalue weighted by molar-refractivity contribution is -0.145. The van der Waals surface area contributed by atoms with E-state index in [1.54, 1.807) is 30.3 Å².